The van der Waals surface area contributed by atoms with Crippen LogP contribution in [-0.2, 0) is 0 Å². The fourth-order valence-corrected chi connectivity index (χ4v) is 2.94. The zero-order valence-electron chi connectivity index (χ0n) is 14.2. The molecule has 0 N–H and O–H groups in total. The predicted octanol–water partition coefficient (Wildman–Crippen LogP) is 3.81. The highest BCUT2D eigenvalue weighted by Crippen LogP contribution is 2.21. The van der Waals surface area contributed by atoms with Crippen LogP contribution < -0.4 is 5.43 Å². The quantitative estimate of drug-likeness (QED) is 0.501. The fraction of sp³-hybridized carbons (Fsp3) is 0.0526. The molecule has 0 aliphatic rings. The summed E-state index contributed by atoms with van der Waals surface area (Å²) in [5.74, 6) is -0.0942. The molecular weight excluding hydrogens is 367 g/mol. The molecule has 0 aliphatic heterocycles. The Hall–Kier alpha value is -3.26. The molecule has 0 radical (unpaired) electrons. The Bertz CT molecular complexity index is 1150. The highest BCUT2D eigenvalue weighted by atomic mass is 32.2. The number of rotatable bonds is 4. The van der Waals surface area contributed by atoms with Crippen LogP contribution in [-0.4, -0.2) is 26.2 Å². The third-order valence-corrected chi connectivity index (χ3v) is 4.58. The summed E-state index contributed by atoms with van der Waals surface area (Å²) >= 11 is 1.61. The highest BCUT2D eigenvalue weighted by molar-refractivity contribution is 7.98. The van der Waals surface area contributed by atoms with E-state index in [1.165, 1.54) is 30.3 Å². The molecular formula is C19H13FN4O2S. The minimum atomic E-state index is -0.359. The molecule has 0 amide bonds. The first-order valence-corrected chi connectivity index (χ1v) is 9.21. The van der Waals surface area contributed by atoms with Gasteiger partial charge in [-0.3, -0.25) is 4.79 Å². The first-order chi connectivity index (χ1) is 13.1. The lowest BCUT2D eigenvalue weighted by Crippen LogP contribution is -2.12. The Morgan fingerprint density at radius 2 is 1.93 bits per heavy atom. The third-order valence-electron chi connectivity index (χ3n) is 3.86. The smallest absolute Gasteiger partial charge is 0.282 e. The largest absolute Gasteiger partial charge is 0.332 e. The normalized spacial score (nSPS) is 10.9. The molecule has 0 aliphatic carbocycles. The molecule has 2 aromatic heterocycles. The second-order valence-electron chi connectivity index (χ2n) is 5.60. The molecule has 0 saturated heterocycles. The van der Waals surface area contributed by atoms with Crippen LogP contribution >= 0.6 is 11.8 Å². The number of hydrogen-bond donors (Lipinski definition) is 0. The van der Waals surface area contributed by atoms with Crippen molar-refractivity contribution in [1.82, 2.24) is 19.9 Å². The van der Waals surface area contributed by atoms with Crippen molar-refractivity contribution in [2.24, 2.45) is 0 Å². The van der Waals surface area contributed by atoms with E-state index in [2.05, 4.69) is 15.2 Å². The first-order valence-electron chi connectivity index (χ1n) is 7.98. The van der Waals surface area contributed by atoms with E-state index in [1.807, 2.05) is 30.5 Å². The molecule has 2 aromatic carbocycles. The predicted molar refractivity (Wildman–Crippen MR) is 100 cm³/mol. The van der Waals surface area contributed by atoms with Gasteiger partial charge >= 0.3 is 0 Å². The van der Waals surface area contributed by atoms with Gasteiger partial charge in [-0.1, -0.05) is 11.2 Å². The molecule has 4 rings (SSSR count). The van der Waals surface area contributed by atoms with Crippen LogP contribution in [0.3, 0.4) is 0 Å². The van der Waals surface area contributed by atoms with Crippen LogP contribution in [0.5, 0.6) is 0 Å². The van der Waals surface area contributed by atoms with Crippen molar-refractivity contribution in [2.45, 2.75) is 4.90 Å². The Morgan fingerprint density at radius 3 is 2.70 bits per heavy atom. The van der Waals surface area contributed by atoms with Gasteiger partial charge in [0.1, 0.15) is 5.82 Å². The van der Waals surface area contributed by atoms with Gasteiger partial charge in [0, 0.05) is 22.7 Å². The van der Waals surface area contributed by atoms with Crippen molar-refractivity contribution >= 4 is 11.8 Å². The monoisotopic (exact) mass is 380 g/mol. The summed E-state index contributed by atoms with van der Waals surface area (Å²) in [5.41, 5.74) is 1.10. The topological polar surface area (TPSA) is 73.8 Å². The molecule has 4 aromatic rings. The average Bonchev–Trinajstić information content (AvgIpc) is 3.19. The van der Waals surface area contributed by atoms with Crippen molar-refractivity contribution in [3.63, 3.8) is 0 Å². The highest BCUT2D eigenvalue weighted by Gasteiger charge is 2.16. The van der Waals surface area contributed by atoms with Crippen molar-refractivity contribution in [3.8, 4) is 28.7 Å². The Labute approximate surface area is 157 Å². The molecule has 0 saturated carbocycles. The van der Waals surface area contributed by atoms with Crippen LogP contribution in [0.25, 0.3) is 28.7 Å². The molecule has 8 heteroatoms. The van der Waals surface area contributed by atoms with Crippen molar-refractivity contribution in [2.75, 3.05) is 6.26 Å². The molecule has 0 bridgehead atoms. The second kappa shape index (κ2) is 7.16. The van der Waals surface area contributed by atoms with Gasteiger partial charge in [0.05, 0.1) is 5.69 Å². The zero-order chi connectivity index (χ0) is 18.8. The van der Waals surface area contributed by atoms with Gasteiger partial charge in [-0.25, -0.2) is 9.07 Å². The molecule has 0 atom stereocenters. The maximum Gasteiger partial charge on any atom is 0.282 e. The number of hydrogen-bond acceptors (Lipinski definition) is 6. The summed E-state index contributed by atoms with van der Waals surface area (Å²) in [4.78, 5) is 17.6. The summed E-state index contributed by atoms with van der Waals surface area (Å²) in [6, 6.07) is 14.8. The van der Waals surface area contributed by atoms with E-state index >= 15 is 0 Å². The van der Waals surface area contributed by atoms with Gasteiger partial charge in [-0.15, -0.1) is 11.8 Å². The molecule has 0 unspecified atom stereocenters. The van der Waals surface area contributed by atoms with Crippen LogP contribution in [0.15, 0.2) is 75.0 Å². The van der Waals surface area contributed by atoms with Crippen molar-refractivity contribution < 1.29 is 8.91 Å². The lowest BCUT2D eigenvalue weighted by molar-refractivity contribution is 0.429. The third kappa shape index (κ3) is 3.52. The lowest BCUT2D eigenvalue weighted by Gasteiger charge is -2.07. The summed E-state index contributed by atoms with van der Waals surface area (Å²) in [6.07, 6.45) is 3.57. The Kier molecular flexibility index (Phi) is 4.55. The van der Waals surface area contributed by atoms with Gasteiger partial charge in [-0.05, 0) is 48.7 Å². The Balaban J connectivity index is 1.74. The zero-order valence-corrected chi connectivity index (χ0v) is 15.0. The van der Waals surface area contributed by atoms with Crippen LogP contribution in [0.2, 0.25) is 0 Å². The van der Waals surface area contributed by atoms with Gasteiger partial charge in [0.15, 0.2) is 5.69 Å². The summed E-state index contributed by atoms with van der Waals surface area (Å²) < 4.78 is 19.9. The van der Waals surface area contributed by atoms with Crippen LogP contribution in [0.1, 0.15) is 0 Å². The number of thioether (sulfide) groups is 1. The molecule has 2 heterocycles. The van der Waals surface area contributed by atoms with E-state index in [-0.39, 0.29) is 28.7 Å². The number of aromatic nitrogens is 4. The number of nitrogens with zero attached hydrogens (tertiary/aromatic N) is 4. The molecule has 134 valence electrons. The minimum absolute atomic E-state index is 0.00898. The molecule has 27 heavy (non-hydrogen) atoms. The molecule has 6 nitrogen and oxygen atoms in total. The van der Waals surface area contributed by atoms with E-state index in [0.717, 1.165) is 10.6 Å². The SMILES string of the molecule is CSc1cccc(-n2ccc(=O)c(-c3nc(-c4ccc(F)cc4)no3)n2)c1. The second-order valence-corrected chi connectivity index (χ2v) is 6.48. The van der Waals surface area contributed by atoms with Crippen LogP contribution in [0.4, 0.5) is 4.39 Å². The van der Waals surface area contributed by atoms with E-state index < -0.39 is 0 Å². The van der Waals surface area contributed by atoms with Crippen molar-refractivity contribution in [3.05, 3.63) is 76.8 Å². The van der Waals surface area contributed by atoms with Gasteiger partial charge < -0.3 is 4.52 Å². The average molecular weight is 380 g/mol. The number of benzene rings is 2. The fourth-order valence-electron chi connectivity index (χ4n) is 2.49. The minimum Gasteiger partial charge on any atom is -0.332 e. The van der Waals surface area contributed by atoms with E-state index in [1.54, 1.807) is 22.6 Å². The van der Waals surface area contributed by atoms with E-state index in [9.17, 15) is 9.18 Å². The first kappa shape index (κ1) is 17.2. The van der Waals surface area contributed by atoms with Gasteiger partial charge in [0.25, 0.3) is 5.89 Å². The summed E-state index contributed by atoms with van der Waals surface area (Å²) in [6.45, 7) is 0. The van der Waals surface area contributed by atoms with E-state index in [0.29, 0.717) is 5.56 Å². The maximum atomic E-state index is 13.1. The molecule has 0 fully saturated rings. The summed E-state index contributed by atoms with van der Waals surface area (Å²) in [7, 11) is 0. The standard InChI is InChI=1S/C19H13FN4O2S/c1-27-15-4-2-3-14(11-15)24-10-9-16(25)17(22-24)19-21-18(23-26-19)12-5-7-13(20)8-6-12/h2-11H,1H3. The van der Waals surface area contributed by atoms with Crippen LogP contribution in [0, 0.1) is 5.82 Å². The number of halogens is 1. The maximum absolute atomic E-state index is 13.1. The van der Waals surface area contributed by atoms with Gasteiger partial charge in [0.2, 0.25) is 11.3 Å². The van der Waals surface area contributed by atoms with E-state index in [4.69, 9.17) is 4.52 Å². The Morgan fingerprint density at radius 1 is 1.11 bits per heavy atom. The summed E-state index contributed by atoms with van der Waals surface area (Å²) in [5, 5.41) is 8.21. The van der Waals surface area contributed by atoms with Gasteiger partial charge in [-0.2, -0.15) is 10.1 Å². The molecule has 0 spiro atoms. The van der Waals surface area contributed by atoms with Crippen molar-refractivity contribution in [1.29, 1.82) is 0 Å². The lowest BCUT2D eigenvalue weighted by atomic mass is 10.2.